The first-order valence-electron chi connectivity index (χ1n) is 7.16. The van der Waals surface area contributed by atoms with E-state index < -0.39 is 0 Å². The summed E-state index contributed by atoms with van der Waals surface area (Å²) in [5.74, 6) is 1.44. The number of rotatable bonds is 4. The zero-order valence-electron chi connectivity index (χ0n) is 13.1. The lowest BCUT2D eigenvalue weighted by Gasteiger charge is -2.11. The highest BCUT2D eigenvalue weighted by molar-refractivity contribution is 5.84. The third-order valence-corrected chi connectivity index (χ3v) is 3.28. The Hall–Kier alpha value is -2.56. The zero-order valence-corrected chi connectivity index (χ0v) is 13.1. The molecule has 0 fully saturated rings. The van der Waals surface area contributed by atoms with E-state index in [0.29, 0.717) is 11.3 Å². The van der Waals surface area contributed by atoms with Crippen molar-refractivity contribution in [3.8, 4) is 22.8 Å². The molecule has 0 aliphatic carbocycles. The van der Waals surface area contributed by atoms with Crippen LogP contribution in [0, 0.1) is 6.92 Å². The van der Waals surface area contributed by atoms with E-state index in [4.69, 9.17) is 14.0 Å². The van der Waals surface area contributed by atoms with Crippen LogP contribution >= 0.6 is 0 Å². The summed E-state index contributed by atoms with van der Waals surface area (Å²) in [5.41, 5.74) is 3.80. The van der Waals surface area contributed by atoms with E-state index in [0.717, 1.165) is 28.2 Å². The van der Waals surface area contributed by atoms with Crippen molar-refractivity contribution in [3.63, 3.8) is 0 Å². The fourth-order valence-corrected chi connectivity index (χ4v) is 2.27. The summed E-state index contributed by atoms with van der Waals surface area (Å²) in [5, 5.41) is 3.99. The minimum atomic E-state index is 0.0363. The molecule has 0 aliphatic heterocycles. The van der Waals surface area contributed by atoms with E-state index in [9.17, 15) is 0 Å². The monoisotopic (exact) mass is 298 g/mol. The summed E-state index contributed by atoms with van der Waals surface area (Å²) in [7, 11) is 1.65. The number of aromatic nitrogens is 2. The second-order valence-electron chi connectivity index (χ2n) is 5.35. The van der Waals surface area contributed by atoms with Crippen LogP contribution in [0.4, 0.5) is 0 Å². The molecule has 0 aliphatic rings. The molecule has 114 valence electrons. The van der Waals surface area contributed by atoms with Crippen molar-refractivity contribution in [2.75, 3.05) is 7.11 Å². The number of fused-ring (bicyclic) bond motifs is 1. The number of hydrogen-bond donors (Lipinski definition) is 0. The van der Waals surface area contributed by atoms with E-state index in [1.807, 2.05) is 51.1 Å². The number of hydrogen-bond acceptors (Lipinski definition) is 5. The van der Waals surface area contributed by atoms with Gasteiger partial charge in [0, 0.05) is 11.6 Å². The molecule has 5 nitrogen and oxygen atoms in total. The molecule has 5 heteroatoms. The average molecular weight is 298 g/mol. The van der Waals surface area contributed by atoms with Gasteiger partial charge in [0.25, 0.3) is 0 Å². The Labute approximate surface area is 128 Å². The standard InChI is InChI=1S/C17H18N2O3/c1-10(2)21-15-9-14(12-6-5-7-13(8-12)20-4)18-16-11(3)19-22-17(15)16/h5-10H,1-4H3. The third kappa shape index (κ3) is 2.62. The lowest BCUT2D eigenvalue weighted by atomic mass is 10.1. The van der Waals surface area contributed by atoms with Gasteiger partial charge in [-0.05, 0) is 32.9 Å². The van der Waals surface area contributed by atoms with Crippen molar-refractivity contribution < 1.29 is 14.0 Å². The molecule has 22 heavy (non-hydrogen) atoms. The molecule has 3 aromatic rings. The predicted molar refractivity (Wildman–Crippen MR) is 84.3 cm³/mol. The van der Waals surface area contributed by atoms with Crippen LogP contribution in [0.1, 0.15) is 19.5 Å². The van der Waals surface area contributed by atoms with Gasteiger partial charge in [0.2, 0.25) is 5.58 Å². The molecule has 0 radical (unpaired) electrons. The van der Waals surface area contributed by atoms with E-state index in [2.05, 4.69) is 10.1 Å². The molecular weight excluding hydrogens is 280 g/mol. The SMILES string of the molecule is COc1cccc(-c2cc(OC(C)C)c3onc(C)c3n2)c1. The molecule has 0 amide bonds. The van der Waals surface area contributed by atoms with Gasteiger partial charge in [-0.25, -0.2) is 4.98 Å². The summed E-state index contributed by atoms with van der Waals surface area (Å²) < 4.78 is 16.5. The van der Waals surface area contributed by atoms with Gasteiger partial charge < -0.3 is 14.0 Å². The molecule has 3 rings (SSSR count). The van der Waals surface area contributed by atoms with E-state index in [-0.39, 0.29) is 6.10 Å². The highest BCUT2D eigenvalue weighted by Gasteiger charge is 2.16. The van der Waals surface area contributed by atoms with Crippen molar-refractivity contribution in [3.05, 3.63) is 36.0 Å². The highest BCUT2D eigenvalue weighted by Crippen LogP contribution is 2.33. The predicted octanol–water partition coefficient (Wildman–Crippen LogP) is 3.99. The van der Waals surface area contributed by atoms with Gasteiger partial charge in [-0.15, -0.1) is 0 Å². The number of aryl methyl sites for hydroxylation is 1. The normalized spacial score (nSPS) is 11.1. The maximum absolute atomic E-state index is 5.85. The Kier molecular flexibility index (Phi) is 3.71. The summed E-state index contributed by atoms with van der Waals surface area (Å²) in [6, 6.07) is 9.64. The van der Waals surface area contributed by atoms with Crippen LogP contribution in [-0.4, -0.2) is 23.4 Å². The first-order valence-corrected chi connectivity index (χ1v) is 7.16. The number of nitrogens with zero attached hydrogens (tertiary/aromatic N) is 2. The molecule has 2 heterocycles. The van der Waals surface area contributed by atoms with Gasteiger partial charge in [-0.3, -0.25) is 0 Å². The fourth-order valence-electron chi connectivity index (χ4n) is 2.27. The van der Waals surface area contributed by atoms with Gasteiger partial charge >= 0.3 is 0 Å². The maximum Gasteiger partial charge on any atom is 0.227 e. The van der Waals surface area contributed by atoms with Crippen molar-refractivity contribution in [2.24, 2.45) is 0 Å². The Bertz CT molecular complexity index is 809. The van der Waals surface area contributed by atoms with E-state index in [1.165, 1.54) is 0 Å². The summed E-state index contributed by atoms with van der Waals surface area (Å²) in [4.78, 5) is 4.66. The molecule has 2 aromatic heterocycles. The van der Waals surface area contributed by atoms with E-state index >= 15 is 0 Å². The second-order valence-corrected chi connectivity index (χ2v) is 5.35. The van der Waals surface area contributed by atoms with Crippen molar-refractivity contribution in [1.29, 1.82) is 0 Å². The number of pyridine rings is 1. The molecule has 0 atom stereocenters. The van der Waals surface area contributed by atoms with Crippen molar-refractivity contribution in [2.45, 2.75) is 26.9 Å². The first kappa shape index (κ1) is 14.4. The molecule has 0 saturated carbocycles. The molecule has 0 saturated heterocycles. The number of ether oxygens (including phenoxy) is 2. The fraction of sp³-hybridized carbons (Fsp3) is 0.294. The first-order chi connectivity index (χ1) is 10.6. The smallest absolute Gasteiger partial charge is 0.227 e. The molecule has 0 N–H and O–H groups in total. The van der Waals surface area contributed by atoms with Crippen LogP contribution in [0.3, 0.4) is 0 Å². The largest absolute Gasteiger partial charge is 0.497 e. The minimum Gasteiger partial charge on any atom is -0.497 e. The van der Waals surface area contributed by atoms with Crippen LogP contribution in [-0.2, 0) is 0 Å². The Morgan fingerprint density at radius 3 is 2.73 bits per heavy atom. The van der Waals surface area contributed by atoms with Crippen LogP contribution in [0.15, 0.2) is 34.9 Å². The molecule has 0 unspecified atom stereocenters. The van der Waals surface area contributed by atoms with Crippen molar-refractivity contribution >= 4 is 11.1 Å². The Balaban J connectivity index is 2.18. The van der Waals surface area contributed by atoms with Gasteiger partial charge in [-0.1, -0.05) is 17.3 Å². The quantitative estimate of drug-likeness (QED) is 0.728. The summed E-state index contributed by atoms with van der Waals surface area (Å²) in [6.45, 7) is 5.81. The zero-order chi connectivity index (χ0) is 15.7. The molecular formula is C17H18N2O3. The topological polar surface area (TPSA) is 57.4 Å². The van der Waals surface area contributed by atoms with Gasteiger partial charge in [0.15, 0.2) is 5.75 Å². The van der Waals surface area contributed by atoms with E-state index in [1.54, 1.807) is 7.11 Å². The second kappa shape index (κ2) is 5.67. The van der Waals surface area contributed by atoms with Crippen LogP contribution in [0.25, 0.3) is 22.4 Å². The lowest BCUT2D eigenvalue weighted by Crippen LogP contribution is -2.06. The maximum atomic E-state index is 5.85. The number of benzene rings is 1. The Morgan fingerprint density at radius 1 is 1.18 bits per heavy atom. The van der Waals surface area contributed by atoms with Crippen LogP contribution in [0.2, 0.25) is 0 Å². The van der Waals surface area contributed by atoms with Gasteiger partial charge in [0.05, 0.1) is 18.9 Å². The summed E-state index contributed by atoms with van der Waals surface area (Å²) in [6.07, 6.45) is 0.0363. The van der Waals surface area contributed by atoms with Crippen molar-refractivity contribution in [1.82, 2.24) is 10.1 Å². The third-order valence-electron chi connectivity index (χ3n) is 3.28. The number of methoxy groups -OCH3 is 1. The lowest BCUT2D eigenvalue weighted by molar-refractivity contribution is 0.240. The average Bonchev–Trinajstić information content (AvgIpc) is 2.88. The van der Waals surface area contributed by atoms with Gasteiger partial charge in [-0.2, -0.15) is 0 Å². The minimum absolute atomic E-state index is 0.0363. The molecule has 1 aromatic carbocycles. The van der Waals surface area contributed by atoms with Crippen LogP contribution < -0.4 is 9.47 Å². The Morgan fingerprint density at radius 2 is 2.00 bits per heavy atom. The highest BCUT2D eigenvalue weighted by atomic mass is 16.5. The van der Waals surface area contributed by atoms with Gasteiger partial charge in [0.1, 0.15) is 17.0 Å². The summed E-state index contributed by atoms with van der Waals surface area (Å²) >= 11 is 0. The molecule has 0 bridgehead atoms. The molecule has 0 spiro atoms. The van der Waals surface area contributed by atoms with Crippen LogP contribution in [0.5, 0.6) is 11.5 Å².